The number of nitrogens with one attached hydrogen (secondary N) is 1. The second-order valence-corrected chi connectivity index (χ2v) is 5.06. The van der Waals surface area contributed by atoms with Crippen LogP contribution in [0.4, 0.5) is 11.4 Å². The summed E-state index contributed by atoms with van der Waals surface area (Å²) < 4.78 is 0. The molecule has 2 N–H and O–H groups in total. The van der Waals surface area contributed by atoms with Crippen LogP contribution >= 0.6 is 0 Å². The summed E-state index contributed by atoms with van der Waals surface area (Å²) in [6, 6.07) is 21.0. The largest absolute Gasteiger partial charge is 0.506 e. The Balaban J connectivity index is 2.03. The molecule has 0 unspecified atom stereocenters. The number of phenols is 1. The van der Waals surface area contributed by atoms with Gasteiger partial charge >= 0.3 is 0 Å². The third kappa shape index (κ3) is 2.02. The minimum absolute atomic E-state index is 0.189. The van der Waals surface area contributed by atoms with E-state index in [1.54, 1.807) is 12.1 Å². The normalized spacial score (nSPS) is 10.9. The molecule has 106 valence electrons. The van der Waals surface area contributed by atoms with E-state index in [0.29, 0.717) is 5.69 Å². The number of phenolic OH excluding ortho intramolecular Hbond substituents is 1. The van der Waals surface area contributed by atoms with Crippen LogP contribution in [0.3, 0.4) is 0 Å². The molecule has 4 aromatic rings. The Morgan fingerprint density at radius 1 is 0.727 bits per heavy atom. The fourth-order valence-corrected chi connectivity index (χ4v) is 2.61. The number of aromatic nitrogens is 2. The molecule has 1 aromatic heterocycles. The maximum absolute atomic E-state index is 10.3. The van der Waals surface area contributed by atoms with E-state index in [0.717, 1.165) is 27.5 Å². The maximum Gasteiger partial charge on any atom is 0.139 e. The van der Waals surface area contributed by atoms with Crippen molar-refractivity contribution in [2.45, 2.75) is 0 Å². The summed E-state index contributed by atoms with van der Waals surface area (Å²) in [7, 11) is 0. The molecule has 0 aliphatic carbocycles. The summed E-state index contributed by atoms with van der Waals surface area (Å²) in [6.07, 6.45) is 0. The molecule has 0 saturated carbocycles. The molecule has 4 heteroatoms. The number of hydrogen-bond donors (Lipinski definition) is 2. The molecule has 1 heterocycles. The lowest BCUT2D eigenvalue weighted by Crippen LogP contribution is -1.95. The Morgan fingerprint density at radius 3 is 2.32 bits per heavy atom. The maximum atomic E-state index is 10.3. The van der Waals surface area contributed by atoms with Gasteiger partial charge in [-0.25, -0.2) is 0 Å². The molecular weight excluding hydrogens is 274 g/mol. The third-order valence-electron chi connectivity index (χ3n) is 3.64. The van der Waals surface area contributed by atoms with Crippen LogP contribution in [0.15, 0.2) is 66.7 Å². The Labute approximate surface area is 127 Å². The van der Waals surface area contributed by atoms with Gasteiger partial charge in [0.1, 0.15) is 5.75 Å². The van der Waals surface area contributed by atoms with E-state index < -0.39 is 0 Å². The van der Waals surface area contributed by atoms with Crippen molar-refractivity contribution >= 4 is 33.2 Å². The summed E-state index contributed by atoms with van der Waals surface area (Å²) in [5.74, 6) is 0.189. The topological polar surface area (TPSA) is 58.0 Å². The Morgan fingerprint density at radius 2 is 1.45 bits per heavy atom. The number of para-hydroxylation sites is 1. The van der Waals surface area contributed by atoms with E-state index in [1.165, 1.54) is 0 Å². The van der Waals surface area contributed by atoms with Gasteiger partial charge < -0.3 is 10.4 Å². The first-order chi connectivity index (χ1) is 10.8. The number of nitrogens with zero attached hydrogens (tertiary/aromatic N) is 2. The molecule has 0 bridgehead atoms. The average Bonchev–Trinajstić information content (AvgIpc) is 2.58. The highest BCUT2D eigenvalue weighted by atomic mass is 16.3. The van der Waals surface area contributed by atoms with Crippen molar-refractivity contribution in [3.05, 3.63) is 66.7 Å². The van der Waals surface area contributed by atoms with E-state index in [9.17, 15) is 5.11 Å². The highest BCUT2D eigenvalue weighted by molar-refractivity contribution is 6.12. The van der Waals surface area contributed by atoms with Crippen LogP contribution in [0.1, 0.15) is 0 Å². The molecule has 0 aliphatic heterocycles. The highest BCUT2D eigenvalue weighted by Crippen LogP contribution is 2.37. The molecule has 0 amide bonds. The van der Waals surface area contributed by atoms with E-state index in [2.05, 4.69) is 15.5 Å². The predicted octanol–water partition coefficient (Wildman–Crippen LogP) is 4.23. The third-order valence-corrected chi connectivity index (χ3v) is 3.64. The van der Waals surface area contributed by atoms with Crippen LogP contribution < -0.4 is 5.32 Å². The molecule has 3 aromatic carbocycles. The van der Waals surface area contributed by atoms with E-state index in [4.69, 9.17) is 0 Å². The van der Waals surface area contributed by atoms with Crippen LogP contribution in [0.25, 0.3) is 21.8 Å². The number of hydrogen-bond acceptors (Lipinski definition) is 4. The minimum Gasteiger partial charge on any atom is -0.506 e. The fourth-order valence-electron chi connectivity index (χ4n) is 2.61. The van der Waals surface area contributed by atoms with Crippen molar-refractivity contribution in [1.82, 2.24) is 10.2 Å². The average molecular weight is 287 g/mol. The molecule has 22 heavy (non-hydrogen) atoms. The molecule has 0 aliphatic rings. The van der Waals surface area contributed by atoms with E-state index in [1.807, 2.05) is 54.6 Å². The van der Waals surface area contributed by atoms with Gasteiger partial charge in [0.2, 0.25) is 0 Å². The van der Waals surface area contributed by atoms with Crippen molar-refractivity contribution < 1.29 is 5.11 Å². The van der Waals surface area contributed by atoms with Gasteiger partial charge in [-0.1, -0.05) is 36.4 Å². The van der Waals surface area contributed by atoms with Crippen molar-refractivity contribution in [3.8, 4) is 5.75 Å². The molecule has 0 spiro atoms. The lowest BCUT2D eigenvalue weighted by Gasteiger charge is -2.13. The first-order valence-corrected chi connectivity index (χ1v) is 7.02. The monoisotopic (exact) mass is 287 g/mol. The predicted molar refractivity (Wildman–Crippen MR) is 88.4 cm³/mol. The summed E-state index contributed by atoms with van der Waals surface area (Å²) in [5.41, 5.74) is 3.10. The number of aromatic hydroxyl groups is 1. The van der Waals surface area contributed by atoms with Crippen LogP contribution in [0.2, 0.25) is 0 Å². The van der Waals surface area contributed by atoms with Gasteiger partial charge in [-0.05, 0) is 30.3 Å². The van der Waals surface area contributed by atoms with E-state index >= 15 is 0 Å². The number of benzene rings is 3. The summed E-state index contributed by atoms with van der Waals surface area (Å²) in [4.78, 5) is 0. The quantitative estimate of drug-likeness (QED) is 0.428. The lowest BCUT2D eigenvalue weighted by molar-refractivity contribution is 0.478. The number of rotatable bonds is 2. The Bertz CT molecular complexity index is 968. The lowest BCUT2D eigenvalue weighted by atomic mass is 10.1. The zero-order valence-corrected chi connectivity index (χ0v) is 11.7. The highest BCUT2D eigenvalue weighted by Gasteiger charge is 2.12. The second-order valence-electron chi connectivity index (χ2n) is 5.06. The molecular formula is C18H13N3O. The van der Waals surface area contributed by atoms with Crippen molar-refractivity contribution in [3.63, 3.8) is 0 Å². The van der Waals surface area contributed by atoms with Crippen molar-refractivity contribution in [2.75, 3.05) is 5.32 Å². The molecule has 4 rings (SSSR count). The molecule has 0 saturated heterocycles. The molecule has 0 radical (unpaired) electrons. The van der Waals surface area contributed by atoms with E-state index in [-0.39, 0.29) is 5.75 Å². The molecule has 0 fully saturated rings. The van der Waals surface area contributed by atoms with Crippen LogP contribution in [-0.4, -0.2) is 15.3 Å². The summed E-state index contributed by atoms with van der Waals surface area (Å²) in [5, 5.41) is 23.9. The Kier molecular flexibility index (Phi) is 2.86. The summed E-state index contributed by atoms with van der Waals surface area (Å²) >= 11 is 0. The molecule has 0 atom stereocenters. The van der Waals surface area contributed by atoms with Gasteiger partial charge in [0.15, 0.2) is 0 Å². The van der Waals surface area contributed by atoms with Crippen LogP contribution in [0.5, 0.6) is 5.75 Å². The smallest absolute Gasteiger partial charge is 0.139 e. The van der Waals surface area contributed by atoms with Gasteiger partial charge in [-0.2, -0.15) is 0 Å². The number of fused-ring (bicyclic) bond motifs is 3. The SMILES string of the molecule is Oc1ccc2nnc3ccccc3c2c1Nc1ccccc1. The minimum atomic E-state index is 0.189. The standard InChI is InChI=1S/C18H13N3O/c22-16-11-10-15-17(13-8-4-5-9-14(13)20-21-15)18(16)19-12-6-2-1-3-7-12/h1-11,19,22H. The number of anilines is 2. The van der Waals surface area contributed by atoms with Gasteiger partial charge in [-0.15, -0.1) is 10.2 Å². The van der Waals surface area contributed by atoms with Crippen LogP contribution in [0, 0.1) is 0 Å². The van der Waals surface area contributed by atoms with Gasteiger partial charge in [0, 0.05) is 16.5 Å². The van der Waals surface area contributed by atoms with Crippen molar-refractivity contribution in [1.29, 1.82) is 0 Å². The van der Waals surface area contributed by atoms with Gasteiger partial charge in [0.25, 0.3) is 0 Å². The Hall–Kier alpha value is -3.14. The zero-order chi connectivity index (χ0) is 14.9. The summed E-state index contributed by atoms with van der Waals surface area (Å²) in [6.45, 7) is 0. The first-order valence-electron chi connectivity index (χ1n) is 7.02. The fraction of sp³-hybridized carbons (Fsp3) is 0. The van der Waals surface area contributed by atoms with Crippen LogP contribution in [-0.2, 0) is 0 Å². The molecule has 4 nitrogen and oxygen atoms in total. The van der Waals surface area contributed by atoms with Gasteiger partial charge in [0.05, 0.1) is 16.7 Å². The van der Waals surface area contributed by atoms with Gasteiger partial charge in [-0.3, -0.25) is 0 Å². The van der Waals surface area contributed by atoms with Crippen molar-refractivity contribution in [2.24, 2.45) is 0 Å². The second kappa shape index (κ2) is 5.00. The zero-order valence-electron chi connectivity index (χ0n) is 11.7. The first kappa shape index (κ1) is 12.6.